The predicted octanol–water partition coefficient (Wildman–Crippen LogP) is 2.35. The molecule has 2 rings (SSSR count). The Morgan fingerprint density at radius 1 is 1.50 bits per heavy atom. The van der Waals surface area contributed by atoms with Crippen molar-refractivity contribution in [2.75, 3.05) is 0 Å². The summed E-state index contributed by atoms with van der Waals surface area (Å²) >= 11 is 7.19. The van der Waals surface area contributed by atoms with Crippen LogP contribution < -0.4 is 0 Å². The number of aliphatic hydroxyl groups is 1. The molecule has 0 fully saturated rings. The van der Waals surface area contributed by atoms with Gasteiger partial charge in [-0.1, -0.05) is 11.6 Å². The highest BCUT2D eigenvalue weighted by molar-refractivity contribution is 7.15. The van der Waals surface area contributed by atoms with E-state index in [-0.39, 0.29) is 6.61 Å². The van der Waals surface area contributed by atoms with Gasteiger partial charge in [-0.25, -0.2) is 4.98 Å². The SMILES string of the molecule is OCc1sc(-c2cccnc2)nc1Cl. The van der Waals surface area contributed by atoms with Crippen LogP contribution in [0.2, 0.25) is 5.15 Å². The largest absolute Gasteiger partial charge is 0.391 e. The van der Waals surface area contributed by atoms with E-state index in [0.717, 1.165) is 10.6 Å². The van der Waals surface area contributed by atoms with Crippen molar-refractivity contribution in [1.29, 1.82) is 0 Å². The first-order valence-corrected chi connectivity index (χ1v) is 5.17. The molecule has 1 N–H and O–H groups in total. The topological polar surface area (TPSA) is 46.0 Å². The molecule has 0 aliphatic heterocycles. The second-order valence-corrected chi connectivity index (χ2v) is 4.07. The Labute approximate surface area is 90.0 Å². The van der Waals surface area contributed by atoms with E-state index in [0.29, 0.717) is 10.0 Å². The third-order valence-corrected chi connectivity index (χ3v) is 3.22. The highest BCUT2D eigenvalue weighted by atomic mass is 35.5. The summed E-state index contributed by atoms with van der Waals surface area (Å²) in [6.07, 6.45) is 3.42. The number of aliphatic hydroxyl groups excluding tert-OH is 1. The van der Waals surface area contributed by atoms with Crippen molar-refractivity contribution in [2.24, 2.45) is 0 Å². The molecule has 2 heterocycles. The average molecular weight is 227 g/mol. The lowest BCUT2D eigenvalue weighted by Crippen LogP contribution is -1.76. The van der Waals surface area contributed by atoms with E-state index in [2.05, 4.69) is 9.97 Å². The lowest BCUT2D eigenvalue weighted by atomic mass is 10.3. The van der Waals surface area contributed by atoms with Crippen molar-refractivity contribution < 1.29 is 5.11 Å². The minimum atomic E-state index is -0.0727. The third kappa shape index (κ3) is 1.77. The summed E-state index contributed by atoms with van der Waals surface area (Å²) in [6, 6.07) is 3.74. The number of rotatable bonds is 2. The summed E-state index contributed by atoms with van der Waals surface area (Å²) in [5.74, 6) is 0. The Morgan fingerprint density at radius 2 is 2.36 bits per heavy atom. The lowest BCUT2D eigenvalue weighted by Gasteiger charge is -1.91. The van der Waals surface area contributed by atoms with Crippen molar-refractivity contribution in [3.8, 4) is 10.6 Å². The number of pyridine rings is 1. The molecule has 0 aliphatic rings. The van der Waals surface area contributed by atoms with Gasteiger partial charge in [0.05, 0.1) is 11.5 Å². The van der Waals surface area contributed by atoms with Crippen LogP contribution in [0.3, 0.4) is 0 Å². The zero-order valence-corrected chi connectivity index (χ0v) is 8.72. The molecule has 5 heteroatoms. The normalized spacial score (nSPS) is 10.4. The first-order chi connectivity index (χ1) is 6.81. The molecule has 0 spiro atoms. The van der Waals surface area contributed by atoms with Crippen LogP contribution in [0.4, 0.5) is 0 Å². The molecule has 2 aromatic rings. The number of aromatic nitrogens is 2. The van der Waals surface area contributed by atoms with Crippen LogP contribution in [0.25, 0.3) is 10.6 Å². The Balaban J connectivity index is 2.43. The molecule has 0 radical (unpaired) electrons. The highest BCUT2D eigenvalue weighted by Crippen LogP contribution is 2.30. The number of halogens is 1. The average Bonchev–Trinajstić information content (AvgIpc) is 2.61. The van der Waals surface area contributed by atoms with Gasteiger partial charge in [-0.3, -0.25) is 4.98 Å². The minimum Gasteiger partial charge on any atom is -0.391 e. The fourth-order valence-corrected chi connectivity index (χ4v) is 2.16. The summed E-state index contributed by atoms with van der Waals surface area (Å²) in [7, 11) is 0. The van der Waals surface area contributed by atoms with Gasteiger partial charge in [-0.15, -0.1) is 11.3 Å². The molecule has 0 amide bonds. The first kappa shape index (κ1) is 9.58. The van der Waals surface area contributed by atoms with Gasteiger partial charge in [0.2, 0.25) is 0 Å². The van der Waals surface area contributed by atoms with Crippen molar-refractivity contribution in [3.63, 3.8) is 0 Å². The molecule has 0 aliphatic carbocycles. The zero-order chi connectivity index (χ0) is 9.97. The lowest BCUT2D eigenvalue weighted by molar-refractivity contribution is 0.285. The van der Waals surface area contributed by atoms with E-state index in [9.17, 15) is 0 Å². The van der Waals surface area contributed by atoms with Crippen LogP contribution >= 0.6 is 22.9 Å². The summed E-state index contributed by atoms with van der Waals surface area (Å²) < 4.78 is 0. The molecule has 14 heavy (non-hydrogen) atoms. The van der Waals surface area contributed by atoms with E-state index in [1.165, 1.54) is 11.3 Å². The number of hydrogen-bond acceptors (Lipinski definition) is 4. The van der Waals surface area contributed by atoms with E-state index in [1.807, 2.05) is 12.1 Å². The number of hydrogen-bond donors (Lipinski definition) is 1. The van der Waals surface area contributed by atoms with Crippen LogP contribution in [0.5, 0.6) is 0 Å². The quantitative estimate of drug-likeness (QED) is 0.855. The van der Waals surface area contributed by atoms with Gasteiger partial charge in [-0.05, 0) is 12.1 Å². The molecule has 3 nitrogen and oxygen atoms in total. The predicted molar refractivity (Wildman–Crippen MR) is 56.3 cm³/mol. The van der Waals surface area contributed by atoms with Crippen LogP contribution in [0, 0.1) is 0 Å². The molecule has 2 aromatic heterocycles. The molecule has 0 bridgehead atoms. The van der Waals surface area contributed by atoms with E-state index in [4.69, 9.17) is 16.7 Å². The summed E-state index contributed by atoms with van der Waals surface area (Å²) in [6.45, 7) is -0.0727. The maximum Gasteiger partial charge on any atom is 0.146 e. The number of nitrogens with zero attached hydrogens (tertiary/aromatic N) is 2. The maximum atomic E-state index is 8.95. The Hall–Kier alpha value is -0.970. The molecule has 0 aromatic carbocycles. The second kappa shape index (κ2) is 4.04. The van der Waals surface area contributed by atoms with Crippen molar-refractivity contribution in [3.05, 3.63) is 34.6 Å². The highest BCUT2D eigenvalue weighted by Gasteiger charge is 2.09. The summed E-state index contributed by atoms with van der Waals surface area (Å²) in [4.78, 5) is 8.81. The van der Waals surface area contributed by atoms with Gasteiger partial charge < -0.3 is 5.11 Å². The van der Waals surface area contributed by atoms with E-state index in [1.54, 1.807) is 12.4 Å². The smallest absolute Gasteiger partial charge is 0.146 e. The molecular formula is C9H7ClN2OS. The zero-order valence-electron chi connectivity index (χ0n) is 7.14. The summed E-state index contributed by atoms with van der Waals surface area (Å²) in [5, 5.41) is 10.1. The van der Waals surface area contributed by atoms with Gasteiger partial charge in [-0.2, -0.15) is 0 Å². The van der Waals surface area contributed by atoms with Gasteiger partial charge in [0.15, 0.2) is 0 Å². The van der Waals surface area contributed by atoms with E-state index >= 15 is 0 Å². The third-order valence-electron chi connectivity index (χ3n) is 1.70. The standard InChI is InChI=1S/C9H7ClN2OS/c10-8-7(5-13)14-9(12-8)6-2-1-3-11-4-6/h1-4,13H,5H2. The van der Waals surface area contributed by atoms with Crippen LogP contribution in [-0.2, 0) is 6.61 Å². The fraction of sp³-hybridized carbons (Fsp3) is 0.111. The minimum absolute atomic E-state index is 0.0727. The Morgan fingerprint density at radius 3 is 2.93 bits per heavy atom. The van der Waals surface area contributed by atoms with Crippen molar-refractivity contribution in [1.82, 2.24) is 9.97 Å². The summed E-state index contributed by atoms with van der Waals surface area (Å²) in [5.41, 5.74) is 0.916. The molecule has 72 valence electrons. The van der Waals surface area contributed by atoms with Gasteiger partial charge in [0.25, 0.3) is 0 Å². The first-order valence-electron chi connectivity index (χ1n) is 3.97. The maximum absolute atomic E-state index is 8.95. The van der Waals surface area contributed by atoms with Crippen LogP contribution in [0.1, 0.15) is 4.88 Å². The molecule has 0 saturated carbocycles. The number of thiazole rings is 1. The Bertz CT molecular complexity index is 430. The monoisotopic (exact) mass is 226 g/mol. The molecular weight excluding hydrogens is 220 g/mol. The van der Waals surface area contributed by atoms with Gasteiger partial charge in [0.1, 0.15) is 10.2 Å². The van der Waals surface area contributed by atoms with Crippen molar-refractivity contribution >= 4 is 22.9 Å². The van der Waals surface area contributed by atoms with Crippen LogP contribution in [-0.4, -0.2) is 15.1 Å². The molecule has 0 unspecified atom stereocenters. The fourth-order valence-electron chi connectivity index (χ4n) is 1.04. The van der Waals surface area contributed by atoms with Crippen molar-refractivity contribution in [2.45, 2.75) is 6.61 Å². The van der Waals surface area contributed by atoms with Gasteiger partial charge in [0, 0.05) is 18.0 Å². The second-order valence-electron chi connectivity index (χ2n) is 2.63. The Kier molecular flexibility index (Phi) is 2.77. The molecule has 0 atom stereocenters. The van der Waals surface area contributed by atoms with Gasteiger partial charge >= 0.3 is 0 Å². The van der Waals surface area contributed by atoms with E-state index < -0.39 is 0 Å². The molecule has 0 saturated heterocycles. The van der Waals surface area contributed by atoms with Crippen LogP contribution in [0.15, 0.2) is 24.5 Å².